The lowest BCUT2D eigenvalue weighted by Gasteiger charge is -2.11. The summed E-state index contributed by atoms with van der Waals surface area (Å²) in [4.78, 5) is 35.2. The van der Waals surface area contributed by atoms with Crippen LogP contribution in [0.1, 0.15) is 35.2 Å². The highest BCUT2D eigenvalue weighted by atomic mass is 16.2. The third-order valence-corrected chi connectivity index (χ3v) is 4.12. The average molecular weight is 382 g/mol. The number of nitrogens with one attached hydrogen (secondary N) is 3. The Balaban J connectivity index is 1.81. The van der Waals surface area contributed by atoms with E-state index in [9.17, 15) is 14.4 Å². The van der Waals surface area contributed by atoms with Crippen molar-refractivity contribution < 1.29 is 14.4 Å². The predicted molar refractivity (Wildman–Crippen MR) is 109 cm³/mol. The lowest BCUT2D eigenvalue weighted by molar-refractivity contribution is -0.116. The number of carbonyl (C=O) groups is 3. The highest BCUT2D eigenvalue weighted by molar-refractivity contribution is 6.03. The summed E-state index contributed by atoms with van der Waals surface area (Å²) in [5, 5.41) is 8.16. The number of amides is 4. The van der Waals surface area contributed by atoms with Crippen molar-refractivity contribution in [3.05, 3.63) is 65.7 Å². The molecule has 2 aromatic rings. The molecule has 0 heterocycles. The standard InChI is InChI=1S/C21H26N4O3/c22-21(28)24-14-7-6-12-19(26)25-18-11-5-4-10-17(18)20(27)23-15-13-16-8-2-1-3-9-16/h1-5,8-11H,6-7,12-15H2,(H,23,27)(H,25,26)(H3,22,24,28). The highest BCUT2D eigenvalue weighted by Gasteiger charge is 2.12. The van der Waals surface area contributed by atoms with Crippen LogP contribution in [0, 0.1) is 0 Å². The SMILES string of the molecule is NC(=O)NCCCCC(=O)Nc1ccccc1C(=O)NCCc1ccccc1. The molecule has 0 unspecified atom stereocenters. The number of carbonyl (C=O) groups excluding carboxylic acids is 3. The molecule has 0 spiro atoms. The predicted octanol–water partition coefficient (Wildman–Crippen LogP) is 2.44. The van der Waals surface area contributed by atoms with E-state index < -0.39 is 6.03 Å². The Bertz CT molecular complexity index is 793. The number of rotatable bonds is 10. The van der Waals surface area contributed by atoms with E-state index in [1.165, 1.54) is 0 Å². The molecule has 0 radical (unpaired) electrons. The molecule has 7 heteroatoms. The van der Waals surface area contributed by atoms with Gasteiger partial charge in [0.2, 0.25) is 5.91 Å². The number of hydrogen-bond donors (Lipinski definition) is 4. The van der Waals surface area contributed by atoms with Gasteiger partial charge in [-0.1, -0.05) is 42.5 Å². The van der Waals surface area contributed by atoms with E-state index in [2.05, 4.69) is 16.0 Å². The van der Waals surface area contributed by atoms with Crippen LogP contribution in [-0.4, -0.2) is 30.9 Å². The first kappa shape index (κ1) is 21.0. The monoisotopic (exact) mass is 382 g/mol. The third-order valence-electron chi connectivity index (χ3n) is 4.12. The smallest absolute Gasteiger partial charge is 0.312 e. The molecule has 28 heavy (non-hydrogen) atoms. The van der Waals surface area contributed by atoms with Crippen LogP contribution in [0.25, 0.3) is 0 Å². The number of hydrogen-bond acceptors (Lipinski definition) is 3. The number of nitrogens with two attached hydrogens (primary N) is 1. The van der Waals surface area contributed by atoms with E-state index >= 15 is 0 Å². The van der Waals surface area contributed by atoms with Gasteiger partial charge in [-0.2, -0.15) is 0 Å². The highest BCUT2D eigenvalue weighted by Crippen LogP contribution is 2.15. The molecule has 7 nitrogen and oxygen atoms in total. The number of anilines is 1. The topological polar surface area (TPSA) is 113 Å². The molecule has 4 amide bonds. The van der Waals surface area contributed by atoms with E-state index in [0.717, 1.165) is 12.0 Å². The summed E-state index contributed by atoms with van der Waals surface area (Å²) in [5.74, 6) is -0.402. The van der Waals surface area contributed by atoms with Gasteiger partial charge in [0.25, 0.3) is 5.91 Å². The van der Waals surface area contributed by atoms with Gasteiger partial charge >= 0.3 is 6.03 Å². The minimum atomic E-state index is -0.573. The zero-order chi connectivity index (χ0) is 20.2. The van der Waals surface area contributed by atoms with Crippen LogP contribution >= 0.6 is 0 Å². The van der Waals surface area contributed by atoms with Gasteiger partial charge in [-0.25, -0.2) is 4.79 Å². The van der Waals surface area contributed by atoms with Crippen molar-refractivity contribution in [1.82, 2.24) is 10.6 Å². The second kappa shape index (κ2) is 11.4. The van der Waals surface area contributed by atoms with Crippen LogP contribution < -0.4 is 21.7 Å². The van der Waals surface area contributed by atoms with Crippen LogP contribution in [0.15, 0.2) is 54.6 Å². The van der Waals surface area contributed by atoms with Crippen LogP contribution in [0.3, 0.4) is 0 Å². The lowest BCUT2D eigenvalue weighted by atomic mass is 10.1. The molecular formula is C21H26N4O3. The fourth-order valence-electron chi connectivity index (χ4n) is 2.69. The van der Waals surface area contributed by atoms with Crippen molar-refractivity contribution in [2.75, 3.05) is 18.4 Å². The summed E-state index contributed by atoms with van der Waals surface area (Å²) in [7, 11) is 0. The molecule has 0 aliphatic rings. The quantitative estimate of drug-likeness (QED) is 0.473. The maximum atomic E-state index is 12.5. The van der Waals surface area contributed by atoms with Gasteiger partial charge in [0, 0.05) is 19.5 Å². The molecule has 2 aromatic carbocycles. The van der Waals surface area contributed by atoms with Gasteiger partial charge in [0.15, 0.2) is 0 Å². The molecular weight excluding hydrogens is 356 g/mol. The first-order chi connectivity index (χ1) is 13.6. The van der Waals surface area contributed by atoms with E-state index in [1.807, 2.05) is 30.3 Å². The normalized spacial score (nSPS) is 10.1. The third kappa shape index (κ3) is 7.49. The van der Waals surface area contributed by atoms with Crippen molar-refractivity contribution >= 4 is 23.5 Å². The van der Waals surface area contributed by atoms with Crippen molar-refractivity contribution in [1.29, 1.82) is 0 Å². The van der Waals surface area contributed by atoms with Crippen LogP contribution in [0.5, 0.6) is 0 Å². The van der Waals surface area contributed by atoms with Gasteiger partial charge < -0.3 is 21.7 Å². The molecule has 0 bridgehead atoms. The fraction of sp³-hybridized carbons (Fsp3) is 0.286. The second-order valence-electron chi connectivity index (χ2n) is 6.33. The van der Waals surface area contributed by atoms with E-state index in [0.29, 0.717) is 43.6 Å². The van der Waals surface area contributed by atoms with Gasteiger partial charge in [-0.3, -0.25) is 9.59 Å². The van der Waals surface area contributed by atoms with E-state index in [-0.39, 0.29) is 11.8 Å². The van der Waals surface area contributed by atoms with Crippen LogP contribution in [0.2, 0.25) is 0 Å². The first-order valence-corrected chi connectivity index (χ1v) is 9.30. The summed E-state index contributed by atoms with van der Waals surface area (Å²) in [6.07, 6.45) is 2.29. The van der Waals surface area contributed by atoms with Gasteiger partial charge in [-0.15, -0.1) is 0 Å². The van der Waals surface area contributed by atoms with Crippen LogP contribution in [-0.2, 0) is 11.2 Å². The Morgan fingerprint density at radius 1 is 0.821 bits per heavy atom. The fourth-order valence-corrected chi connectivity index (χ4v) is 2.69. The molecule has 0 atom stereocenters. The minimum absolute atomic E-state index is 0.177. The molecule has 0 fully saturated rings. The van der Waals surface area contributed by atoms with E-state index in [1.54, 1.807) is 24.3 Å². The van der Waals surface area contributed by atoms with Crippen LogP contribution in [0.4, 0.5) is 10.5 Å². The van der Waals surface area contributed by atoms with Crippen molar-refractivity contribution in [3.63, 3.8) is 0 Å². The Morgan fingerprint density at radius 2 is 1.54 bits per heavy atom. The van der Waals surface area contributed by atoms with Crippen molar-refractivity contribution in [2.24, 2.45) is 5.73 Å². The molecule has 0 saturated carbocycles. The molecule has 5 N–H and O–H groups in total. The molecule has 148 valence electrons. The number of urea groups is 1. The summed E-state index contributed by atoms with van der Waals surface area (Å²) in [6, 6.07) is 16.3. The number of para-hydroxylation sites is 1. The largest absolute Gasteiger partial charge is 0.352 e. The molecule has 0 saturated heterocycles. The zero-order valence-corrected chi connectivity index (χ0v) is 15.7. The van der Waals surface area contributed by atoms with Gasteiger partial charge in [0.05, 0.1) is 11.3 Å². The van der Waals surface area contributed by atoms with E-state index in [4.69, 9.17) is 5.73 Å². The zero-order valence-electron chi connectivity index (χ0n) is 15.7. The maximum Gasteiger partial charge on any atom is 0.312 e. The summed E-state index contributed by atoms with van der Waals surface area (Å²) >= 11 is 0. The maximum absolute atomic E-state index is 12.5. The summed E-state index contributed by atoms with van der Waals surface area (Å²) < 4.78 is 0. The lowest BCUT2D eigenvalue weighted by Crippen LogP contribution is -2.30. The number of unbranched alkanes of at least 4 members (excludes halogenated alkanes) is 1. The summed E-state index contributed by atoms with van der Waals surface area (Å²) in [6.45, 7) is 0.945. The summed E-state index contributed by atoms with van der Waals surface area (Å²) in [5.41, 5.74) is 7.05. The average Bonchev–Trinajstić information content (AvgIpc) is 2.68. The Morgan fingerprint density at radius 3 is 2.29 bits per heavy atom. The van der Waals surface area contributed by atoms with Crippen molar-refractivity contribution in [2.45, 2.75) is 25.7 Å². The number of primary amides is 1. The second-order valence-corrected chi connectivity index (χ2v) is 6.33. The first-order valence-electron chi connectivity index (χ1n) is 9.30. The molecule has 0 aromatic heterocycles. The minimum Gasteiger partial charge on any atom is -0.352 e. The Hall–Kier alpha value is -3.35. The van der Waals surface area contributed by atoms with Gasteiger partial charge in [-0.05, 0) is 37.0 Å². The number of benzene rings is 2. The van der Waals surface area contributed by atoms with Gasteiger partial charge in [0.1, 0.15) is 0 Å². The molecule has 2 rings (SSSR count). The Kier molecular flexibility index (Phi) is 8.52. The molecule has 0 aliphatic heterocycles. The molecule has 0 aliphatic carbocycles. The van der Waals surface area contributed by atoms with Crippen molar-refractivity contribution in [3.8, 4) is 0 Å². The Labute approximate surface area is 164 Å².